The van der Waals surface area contributed by atoms with Crippen LogP contribution in [0.5, 0.6) is 0 Å². The minimum atomic E-state index is -0.457. The molecule has 1 aromatic carbocycles. The van der Waals surface area contributed by atoms with Gasteiger partial charge in [-0.05, 0) is 24.3 Å². The Labute approximate surface area is 149 Å². The molecule has 3 rings (SSSR count). The molecule has 0 saturated heterocycles. The Morgan fingerprint density at radius 2 is 1.92 bits per heavy atom. The number of hydrogen-bond donors (Lipinski definition) is 1. The molecule has 0 unspecified atom stereocenters. The second kappa shape index (κ2) is 7.64. The molecule has 8 heteroatoms. The quantitative estimate of drug-likeness (QED) is 0.686. The van der Waals surface area contributed by atoms with E-state index in [1.54, 1.807) is 47.3 Å². The average molecular weight is 356 g/mol. The fourth-order valence-electron chi connectivity index (χ4n) is 2.50. The molecule has 0 radical (unpaired) electrons. The molecule has 0 saturated carbocycles. The van der Waals surface area contributed by atoms with Gasteiger partial charge in [0.15, 0.2) is 5.82 Å². The molecule has 0 bridgehead atoms. The van der Waals surface area contributed by atoms with Crippen molar-refractivity contribution in [2.45, 2.75) is 6.42 Å². The lowest BCUT2D eigenvalue weighted by atomic mass is 10.2. The molecule has 1 amide bonds. The number of nitrogens with zero attached hydrogens (tertiary/aromatic N) is 3. The Kier molecular flexibility index (Phi) is 5.12. The Hall–Kier alpha value is -3.42. The van der Waals surface area contributed by atoms with Gasteiger partial charge in [-0.25, -0.2) is 9.07 Å². The number of carbonyl (C=O) groups excluding carboxylic acids is 2. The number of halogens is 1. The molecule has 7 nitrogen and oxygen atoms in total. The Morgan fingerprint density at radius 3 is 2.62 bits per heavy atom. The van der Waals surface area contributed by atoms with E-state index in [1.807, 2.05) is 0 Å². The van der Waals surface area contributed by atoms with Crippen LogP contribution < -0.4 is 5.32 Å². The molecule has 0 atom stereocenters. The predicted octanol–water partition coefficient (Wildman–Crippen LogP) is 2.09. The summed E-state index contributed by atoms with van der Waals surface area (Å²) in [5.74, 6) is -0.893. The number of nitrogens with one attached hydrogen (secondary N) is 1. The third kappa shape index (κ3) is 3.49. The van der Waals surface area contributed by atoms with E-state index in [0.29, 0.717) is 5.82 Å². The number of rotatable bonds is 6. The molecule has 1 N–H and O–H groups in total. The monoisotopic (exact) mass is 356 g/mol. The van der Waals surface area contributed by atoms with Crippen molar-refractivity contribution >= 4 is 11.9 Å². The molecule has 0 fully saturated rings. The summed E-state index contributed by atoms with van der Waals surface area (Å²) in [5, 5.41) is 6.83. The van der Waals surface area contributed by atoms with Gasteiger partial charge in [0.2, 0.25) is 0 Å². The van der Waals surface area contributed by atoms with Gasteiger partial charge in [-0.1, -0.05) is 12.1 Å². The second-order valence-electron chi connectivity index (χ2n) is 5.42. The van der Waals surface area contributed by atoms with Gasteiger partial charge in [0.05, 0.1) is 19.7 Å². The number of para-hydroxylation sites is 1. The fourth-order valence-corrected chi connectivity index (χ4v) is 2.50. The summed E-state index contributed by atoms with van der Waals surface area (Å²) in [6.45, 7) is 0.126. The molecule has 0 aliphatic heterocycles. The van der Waals surface area contributed by atoms with Crippen molar-refractivity contribution in [3.63, 3.8) is 0 Å². The van der Waals surface area contributed by atoms with Gasteiger partial charge in [0.1, 0.15) is 17.1 Å². The Morgan fingerprint density at radius 1 is 1.19 bits per heavy atom. The van der Waals surface area contributed by atoms with Crippen molar-refractivity contribution in [3.8, 4) is 11.5 Å². The van der Waals surface area contributed by atoms with E-state index in [0.717, 1.165) is 0 Å². The van der Waals surface area contributed by atoms with Crippen LogP contribution in [0, 0.1) is 5.82 Å². The number of benzene rings is 1. The summed E-state index contributed by atoms with van der Waals surface area (Å²) in [4.78, 5) is 23.7. The van der Waals surface area contributed by atoms with Crippen LogP contribution in [0.2, 0.25) is 0 Å². The normalized spacial score (nSPS) is 10.5. The highest BCUT2D eigenvalue weighted by molar-refractivity contribution is 5.97. The summed E-state index contributed by atoms with van der Waals surface area (Å²) in [7, 11) is 1.28. The molecule has 2 heterocycles. The first-order valence-corrected chi connectivity index (χ1v) is 7.93. The Balaban J connectivity index is 1.95. The fraction of sp³-hybridized carbons (Fsp3) is 0.167. The van der Waals surface area contributed by atoms with Gasteiger partial charge < -0.3 is 14.6 Å². The third-order valence-electron chi connectivity index (χ3n) is 3.76. The summed E-state index contributed by atoms with van der Waals surface area (Å²) in [6.07, 6.45) is 4.90. The number of amides is 1. The summed E-state index contributed by atoms with van der Waals surface area (Å²) < 4.78 is 21.8. The number of carbonyl (C=O) groups is 2. The smallest absolute Gasteiger partial charge is 0.307 e. The minimum Gasteiger partial charge on any atom is -0.469 e. The minimum absolute atomic E-state index is 0.0581. The standard InChI is InChI=1S/C18H17FN4O3/c1-26-16(24)8-9-20-17(25)13-12-21-23(15-7-3-2-6-14(15)19)18(13)22-10-4-5-11-22/h2-7,10-12H,8-9H2,1H3,(H,20,25). The summed E-state index contributed by atoms with van der Waals surface area (Å²) >= 11 is 0. The highest BCUT2D eigenvalue weighted by atomic mass is 19.1. The zero-order chi connectivity index (χ0) is 18.5. The van der Waals surface area contributed by atoms with E-state index < -0.39 is 17.7 Å². The lowest BCUT2D eigenvalue weighted by Gasteiger charge is -2.11. The van der Waals surface area contributed by atoms with Gasteiger partial charge in [-0.3, -0.25) is 9.59 Å². The van der Waals surface area contributed by atoms with Crippen LogP contribution in [0.15, 0.2) is 55.0 Å². The van der Waals surface area contributed by atoms with Crippen molar-refractivity contribution in [1.29, 1.82) is 0 Å². The summed E-state index contributed by atoms with van der Waals surface area (Å²) in [5.41, 5.74) is 0.485. The van der Waals surface area contributed by atoms with Gasteiger partial charge in [-0.15, -0.1) is 0 Å². The number of hydrogen-bond acceptors (Lipinski definition) is 4. The molecule has 0 aliphatic rings. The number of ether oxygens (including phenoxy) is 1. The maximum Gasteiger partial charge on any atom is 0.307 e. The highest BCUT2D eigenvalue weighted by Gasteiger charge is 2.21. The molecule has 3 aromatic rings. The Bertz CT molecular complexity index is 918. The van der Waals surface area contributed by atoms with Gasteiger partial charge >= 0.3 is 5.97 Å². The van der Waals surface area contributed by atoms with Crippen LogP contribution in [-0.4, -0.2) is 39.9 Å². The van der Waals surface area contributed by atoms with E-state index in [1.165, 1.54) is 24.1 Å². The van der Waals surface area contributed by atoms with Crippen molar-refractivity contribution < 1.29 is 18.7 Å². The lowest BCUT2D eigenvalue weighted by Crippen LogP contribution is -2.27. The van der Waals surface area contributed by atoms with Crippen molar-refractivity contribution in [2.75, 3.05) is 13.7 Å². The molecular formula is C18H17FN4O3. The van der Waals surface area contributed by atoms with Gasteiger partial charge in [-0.2, -0.15) is 5.10 Å². The van der Waals surface area contributed by atoms with Crippen LogP contribution >= 0.6 is 0 Å². The van der Waals surface area contributed by atoms with Crippen LogP contribution in [0.25, 0.3) is 11.5 Å². The molecule has 26 heavy (non-hydrogen) atoms. The van der Waals surface area contributed by atoms with Crippen LogP contribution in [0.4, 0.5) is 4.39 Å². The maximum atomic E-state index is 14.2. The number of methoxy groups -OCH3 is 1. The first-order chi connectivity index (χ1) is 12.6. The molecular weight excluding hydrogens is 339 g/mol. The van der Waals surface area contributed by atoms with Crippen LogP contribution in [0.3, 0.4) is 0 Å². The molecule has 0 aliphatic carbocycles. The van der Waals surface area contributed by atoms with Crippen LogP contribution in [-0.2, 0) is 9.53 Å². The molecule has 0 spiro atoms. The molecule has 2 aromatic heterocycles. The average Bonchev–Trinajstić information content (AvgIpc) is 3.31. The first-order valence-electron chi connectivity index (χ1n) is 7.93. The van der Waals surface area contributed by atoms with Crippen LogP contribution in [0.1, 0.15) is 16.8 Å². The van der Waals surface area contributed by atoms with Gasteiger partial charge in [0.25, 0.3) is 5.91 Å². The molecule has 134 valence electrons. The van der Waals surface area contributed by atoms with Crippen molar-refractivity contribution in [1.82, 2.24) is 19.7 Å². The number of aromatic nitrogens is 3. The largest absolute Gasteiger partial charge is 0.469 e. The first kappa shape index (κ1) is 17.4. The van der Waals surface area contributed by atoms with Gasteiger partial charge in [0, 0.05) is 18.9 Å². The van der Waals surface area contributed by atoms with E-state index in [9.17, 15) is 14.0 Å². The highest BCUT2D eigenvalue weighted by Crippen LogP contribution is 2.21. The van der Waals surface area contributed by atoms with Crippen molar-refractivity contribution in [2.24, 2.45) is 0 Å². The van der Waals surface area contributed by atoms with E-state index in [2.05, 4.69) is 15.2 Å². The summed E-state index contributed by atoms with van der Waals surface area (Å²) in [6, 6.07) is 9.75. The number of esters is 1. The lowest BCUT2D eigenvalue weighted by molar-refractivity contribution is -0.140. The van der Waals surface area contributed by atoms with E-state index >= 15 is 0 Å². The predicted molar refractivity (Wildman–Crippen MR) is 91.8 cm³/mol. The third-order valence-corrected chi connectivity index (χ3v) is 3.76. The van der Waals surface area contributed by atoms with E-state index in [4.69, 9.17) is 0 Å². The second-order valence-corrected chi connectivity index (χ2v) is 5.42. The zero-order valence-electron chi connectivity index (χ0n) is 14.1. The zero-order valence-corrected chi connectivity index (χ0v) is 14.1. The van der Waals surface area contributed by atoms with E-state index in [-0.39, 0.29) is 24.2 Å². The maximum absolute atomic E-state index is 14.2. The topological polar surface area (TPSA) is 78.2 Å². The van der Waals surface area contributed by atoms with Crippen molar-refractivity contribution in [3.05, 3.63) is 66.4 Å². The SMILES string of the molecule is COC(=O)CCNC(=O)c1cnn(-c2ccccc2F)c1-n1cccc1.